The normalized spacial score (nSPS) is 23.3. The van der Waals surface area contributed by atoms with Crippen molar-refractivity contribution in [3.05, 3.63) is 59.9 Å². The van der Waals surface area contributed by atoms with Gasteiger partial charge in [0.15, 0.2) is 0 Å². The minimum atomic E-state index is -2.58. The van der Waals surface area contributed by atoms with Crippen molar-refractivity contribution in [3.63, 3.8) is 0 Å². The molecule has 1 N–H and O–H groups in total. The largest absolute Gasteiger partial charge is 0.490 e. The van der Waals surface area contributed by atoms with Crippen molar-refractivity contribution in [2.75, 3.05) is 18.1 Å². The van der Waals surface area contributed by atoms with Gasteiger partial charge in [-0.15, -0.1) is 0 Å². The van der Waals surface area contributed by atoms with Gasteiger partial charge in [0.05, 0.1) is 23.4 Å². The Kier molecular flexibility index (Phi) is 7.16. The lowest BCUT2D eigenvalue weighted by molar-refractivity contribution is -0.0582. The number of aliphatic hydroxyl groups is 1. The number of rotatable bonds is 6. The van der Waals surface area contributed by atoms with Gasteiger partial charge in [-0.25, -0.2) is 13.2 Å². The van der Waals surface area contributed by atoms with Crippen molar-refractivity contribution < 1.29 is 27.8 Å². The lowest BCUT2D eigenvalue weighted by atomic mass is 9.84. The van der Waals surface area contributed by atoms with Gasteiger partial charge in [0.25, 0.3) is 5.91 Å². The average Bonchev–Trinajstić information content (AvgIpc) is 3.34. The summed E-state index contributed by atoms with van der Waals surface area (Å²) in [6.07, 6.45) is 4.19. The number of amides is 1. The minimum Gasteiger partial charge on any atom is -0.490 e. The molecular weight excluding hydrogens is 483 g/mol. The zero-order valence-corrected chi connectivity index (χ0v) is 20.7. The van der Waals surface area contributed by atoms with Crippen molar-refractivity contribution in [1.29, 1.82) is 0 Å². The summed E-state index contributed by atoms with van der Waals surface area (Å²) >= 11 is 0. The summed E-state index contributed by atoms with van der Waals surface area (Å²) in [6.45, 7) is 0.860. The Morgan fingerprint density at radius 3 is 2.30 bits per heavy atom. The van der Waals surface area contributed by atoms with Gasteiger partial charge in [0, 0.05) is 44.1 Å². The molecule has 1 aliphatic carbocycles. The minimum absolute atomic E-state index is 0.0169. The van der Waals surface area contributed by atoms with Crippen LogP contribution in [0.3, 0.4) is 0 Å². The average molecular weight is 516 g/mol. The highest BCUT2D eigenvalue weighted by molar-refractivity contribution is 5.94. The Labute approximate surface area is 214 Å². The number of halogens is 3. The van der Waals surface area contributed by atoms with Crippen LogP contribution in [-0.4, -0.2) is 58.9 Å². The van der Waals surface area contributed by atoms with Crippen molar-refractivity contribution in [2.45, 2.75) is 75.0 Å². The molecule has 6 nitrogen and oxygen atoms in total. The Balaban J connectivity index is 1.15. The van der Waals surface area contributed by atoms with Crippen molar-refractivity contribution in [2.24, 2.45) is 5.10 Å². The fourth-order valence-corrected chi connectivity index (χ4v) is 5.44. The highest BCUT2D eigenvalue weighted by Crippen LogP contribution is 2.36. The number of hydrogen-bond acceptors (Lipinski definition) is 5. The number of carbonyl (C=O) groups excluding carboxylic acids is 1. The second-order valence-electron chi connectivity index (χ2n) is 10.4. The standard InChI is InChI=1S/C28H32F3N3O3/c29-21-3-1-20(2-4-21)26(35)33-17-14-27(36,15-18-33)19-23-11-16-32-34(23)22-5-7-24(8-6-22)37-25-9-12-28(30,31)13-10-25/h1-8,16,23,25,36H,9-15,17-19H2. The van der Waals surface area contributed by atoms with E-state index in [2.05, 4.69) is 5.10 Å². The van der Waals surface area contributed by atoms with Crippen LogP contribution in [0.4, 0.5) is 18.9 Å². The Morgan fingerprint density at radius 2 is 1.65 bits per heavy atom. The summed E-state index contributed by atoms with van der Waals surface area (Å²) in [5, 5.41) is 17.7. The Morgan fingerprint density at radius 1 is 1.00 bits per heavy atom. The summed E-state index contributed by atoms with van der Waals surface area (Å²) < 4.78 is 45.9. The first kappa shape index (κ1) is 25.6. The molecule has 3 aliphatic rings. The van der Waals surface area contributed by atoms with E-state index in [1.54, 1.807) is 4.90 Å². The van der Waals surface area contributed by atoms with E-state index in [0.717, 1.165) is 5.69 Å². The van der Waals surface area contributed by atoms with Gasteiger partial charge in [-0.3, -0.25) is 9.80 Å². The first-order valence-electron chi connectivity index (χ1n) is 12.9. The molecule has 1 saturated carbocycles. The number of likely N-dealkylation sites (tertiary alicyclic amines) is 1. The third-order valence-corrected chi connectivity index (χ3v) is 7.69. The third kappa shape index (κ3) is 6.09. The molecule has 2 aromatic rings. The number of ether oxygens (including phenoxy) is 1. The number of piperidine rings is 1. The Bertz CT molecular complexity index is 1110. The number of alkyl halides is 2. The molecule has 2 aliphatic heterocycles. The van der Waals surface area contributed by atoms with Crippen LogP contribution in [0.15, 0.2) is 53.6 Å². The highest BCUT2D eigenvalue weighted by Gasteiger charge is 2.39. The van der Waals surface area contributed by atoms with E-state index in [1.165, 1.54) is 24.3 Å². The summed E-state index contributed by atoms with van der Waals surface area (Å²) in [6, 6.07) is 13.0. The molecule has 1 saturated heterocycles. The van der Waals surface area contributed by atoms with Crippen LogP contribution in [-0.2, 0) is 0 Å². The predicted octanol–water partition coefficient (Wildman–Crippen LogP) is 5.40. The van der Waals surface area contributed by atoms with Crippen LogP contribution < -0.4 is 9.75 Å². The van der Waals surface area contributed by atoms with Crippen LogP contribution in [0, 0.1) is 5.82 Å². The van der Waals surface area contributed by atoms with Crippen LogP contribution in [0.2, 0.25) is 0 Å². The number of carbonyl (C=O) groups is 1. The van der Waals surface area contributed by atoms with E-state index in [4.69, 9.17) is 4.74 Å². The zero-order valence-electron chi connectivity index (χ0n) is 20.7. The van der Waals surface area contributed by atoms with Gasteiger partial charge in [-0.05, 0) is 80.6 Å². The summed E-state index contributed by atoms with van der Waals surface area (Å²) in [5.41, 5.74) is 0.396. The van der Waals surface area contributed by atoms with Gasteiger partial charge >= 0.3 is 0 Å². The van der Waals surface area contributed by atoms with E-state index in [-0.39, 0.29) is 36.7 Å². The van der Waals surface area contributed by atoms with E-state index in [9.17, 15) is 23.1 Å². The van der Waals surface area contributed by atoms with E-state index >= 15 is 0 Å². The molecule has 2 heterocycles. The fraction of sp³-hybridized carbons (Fsp3) is 0.500. The molecule has 5 rings (SSSR count). The molecule has 0 aromatic heterocycles. The molecule has 37 heavy (non-hydrogen) atoms. The molecule has 198 valence electrons. The maximum atomic E-state index is 13.4. The smallest absolute Gasteiger partial charge is 0.253 e. The summed E-state index contributed by atoms with van der Waals surface area (Å²) in [4.78, 5) is 14.4. The van der Waals surface area contributed by atoms with E-state index < -0.39 is 11.5 Å². The maximum Gasteiger partial charge on any atom is 0.253 e. The molecule has 2 fully saturated rings. The number of anilines is 1. The van der Waals surface area contributed by atoms with Crippen molar-refractivity contribution in [3.8, 4) is 5.75 Å². The molecule has 1 atom stereocenters. The second kappa shape index (κ2) is 10.4. The van der Waals surface area contributed by atoms with Gasteiger partial charge in [-0.2, -0.15) is 5.10 Å². The SMILES string of the molecule is O=C(c1ccc(F)cc1)N1CCC(O)(CC2CC=NN2c2ccc(OC3CCC(F)(F)CC3)cc2)CC1. The molecule has 0 spiro atoms. The van der Waals surface area contributed by atoms with Crippen LogP contribution in [0.1, 0.15) is 61.7 Å². The molecule has 0 bridgehead atoms. The molecule has 0 radical (unpaired) electrons. The van der Waals surface area contributed by atoms with E-state index in [1.807, 2.05) is 35.5 Å². The van der Waals surface area contributed by atoms with Gasteiger partial charge < -0.3 is 14.7 Å². The van der Waals surface area contributed by atoms with Crippen molar-refractivity contribution in [1.82, 2.24) is 4.90 Å². The number of hydrogen-bond donors (Lipinski definition) is 1. The molecular formula is C28H32F3N3O3. The summed E-state index contributed by atoms with van der Waals surface area (Å²) in [5.74, 6) is -2.47. The number of nitrogens with zero attached hydrogens (tertiary/aromatic N) is 3. The van der Waals surface area contributed by atoms with Crippen LogP contribution in [0.25, 0.3) is 0 Å². The Hall–Kier alpha value is -3.07. The van der Waals surface area contributed by atoms with Gasteiger partial charge in [-0.1, -0.05) is 0 Å². The maximum absolute atomic E-state index is 13.4. The highest BCUT2D eigenvalue weighted by atomic mass is 19.3. The topological polar surface area (TPSA) is 65.4 Å². The lowest BCUT2D eigenvalue weighted by Crippen LogP contribution is -2.49. The van der Waals surface area contributed by atoms with Gasteiger partial charge in [0.1, 0.15) is 11.6 Å². The molecule has 1 unspecified atom stereocenters. The number of hydrazone groups is 1. The van der Waals surface area contributed by atoms with E-state index in [0.29, 0.717) is 62.9 Å². The van der Waals surface area contributed by atoms with Crippen molar-refractivity contribution >= 4 is 17.8 Å². The van der Waals surface area contributed by atoms with Gasteiger partial charge in [0.2, 0.25) is 5.92 Å². The zero-order chi connectivity index (χ0) is 26.0. The second-order valence-corrected chi connectivity index (χ2v) is 10.4. The first-order valence-corrected chi connectivity index (χ1v) is 12.9. The van der Waals surface area contributed by atoms with Crippen LogP contribution >= 0.6 is 0 Å². The molecule has 1 amide bonds. The predicted molar refractivity (Wildman–Crippen MR) is 135 cm³/mol. The summed E-state index contributed by atoms with van der Waals surface area (Å²) in [7, 11) is 0. The fourth-order valence-electron chi connectivity index (χ4n) is 5.44. The van der Waals surface area contributed by atoms with Crippen LogP contribution in [0.5, 0.6) is 5.75 Å². The molecule has 9 heteroatoms. The monoisotopic (exact) mass is 515 g/mol. The number of benzene rings is 2. The molecule has 2 aromatic carbocycles. The first-order chi connectivity index (χ1) is 17.7. The quantitative estimate of drug-likeness (QED) is 0.559. The lowest BCUT2D eigenvalue weighted by Gasteiger charge is -2.40. The third-order valence-electron chi connectivity index (χ3n) is 7.69.